The number of nitrogens with one attached hydrogen (secondary N) is 1. The molecule has 4 aromatic rings. The van der Waals surface area contributed by atoms with Crippen LogP contribution in [0, 0.1) is 0 Å². The molecule has 4 heterocycles. The van der Waals surface area contributed by atoms with Gasteiger partial charge in [0.05, 0.1) is 23.5 Å². The zero-order valence-electron chi connectivity index (χ0n) is 22.4. The highest BCUT2D eigenvalue weighted by Crippen LogP contribution is 2.37. The third-order valence-corrected chi connectivity index (χ3v) is 7.88. The highest BCUT2D eigenvalue weighted by atomic mass is 19.4. The monoisotopic (exact) mass is 552 g/mol. The van der Waals surface area contributed by atoms with E-state index in [1.54, 1.807) is 36.3 Å². The molecule has 1 aromatic carbocycles. The quantitative estimate of drug-likeness (QED) is 0.388. The maximum absolute atomic E-state index is 13.5. The molecule has 1 aliphatic carbocycles. The van der Waals surface area contributed by atoms with Crippen LogP contribution >= 0.6 is 0 Å². The van der Waals surface area contributed by atoms with E-state index in [-0.39, 0.29) is 11.5 Å². The minimum absolute atomic E-state index is 0.0962. The zero-order valence-corrected chi connectivity index (χ0v) is 22.4. The Morgan fingerprint density at radius 2 is 1.85 bits per heavy atom. The Hall–Kier alpha value is -3.77. The van der Waals surface area contributed by atoms with Crippen molar-refractivity contribution in [1.82, 2.24) is 39.4 Å². The molecule has 0 atom stereocenters. The number of rotatable bonds is 6. The smallest absolute Gasteiger partial charge is 0.346 e. The van der Waals surface area contributed by atoms with E-state index >= 15 is 0 Å². The van der Waals surface area contributed by atoms with Gasteiger partial charge in [-0.15, -0.1) is 0 Å². The summed E-state index contributed by atoms with van der Waals surface area (Å²) in [6, 6.07) is 6.33. The fourth-order valence-electron chi connectivity index (χ4n) is 5.74. The van der Waals surface area contributed by atoms with Gasteiger partial charge in [0.1, 0.15) is 12.0 Å². The van der Waals surface area contributed by atoms with E-state index in [0.29, 0.717) is 50.4 Å². The van der Waals surface area contributed by atoms with Crippen LogP contribution in [-0.4, -0.2) is 91.7 Å². The van der Waals surface area contributed by atoms with Crippen molar-refractivity contribution in [3.8, 4) is 11.3 Å². The van der Waals surface area contributed by atoms with Gasteiger partial charge in [0.15, 0.2) is 0 Å². The van der Waals surface area contributed by atoms with Crippen molar-refractivity contribution in [3.05, 3.63) is 65.9 Å². The van der Waals surface area contributed by atoms with E-state index in [1.165, 1.54) is 0 Å². The van der Waals surface area contributed by atoms with Crippen molar-refractivity contribution in [3.63, 3.8) is 0 Å². The van der Waals surface area contributed by atoms with Gasteiger partial charge >= 0.3 is 6.18 Å². The van der Waals surface area contributed by atoms with Gasteiger partial charge in [-0.1, -0.05) is 0 Å². The van der Waals surface area contributed by atoms with Crippen molar-refractivity contribution < 1.29 is 18.0 Å². The normalized spacial score (nSPS) is 20.3. The lowest BCUT2D eigenvalue weighted by Crippen LogP contribution is -2.55. The number of hydrogen-bond donors (Lipinski definition) is 1. The van der Waals surface area contributed by atoms with E-state index < -0.39 is 11.7 Å². The number of H-pyrrole nitrogens is 1. The minimum atomic E-state index is -4.50. The standard InChI is InChI=1S/C28H31F3N8O/c1-36(2)15-18-9-19(11-21(10-18)28(29,30)31)27(40)38-7-5-37(6-8-38)22-12-23(13-22)39-16-20(14-35-39)25-24-3-4-32-26(24)34-17-33-25/h3-4,9-11,14,16-17,22-23H,5-8,12-13,15H2,1-2H3,(H,32,33,34). The molecule has 0 bridgehead atoms. The minimum Gasteiger partial charge on any atom is -0.346 e. The van der Waals surface area contributed by atoms with Gasteiger partial charge in [0, 0.05) is 67.7 Å². The highest BCUT2D eigenvalue weighted by Gasteiger charge is 2.38. The average Bonchev–Trinajstić information content (AvgIpc) is 3.57. The number of nitrogens with zero attached hydrogens (tertiary/aromatic N) is 7. The van der Waals surface area contributed by atoms with Crippen molar-refractivity contribution in [2.45, 2.75) is 37.6 Å². The number of aromatic amines is 1. The van der Waals surface area contributed by atoms with Crippen molar-refractivity contribution >= 4 is 16.9 Å². The van der Waals surface area contributed by atoms with Crippen LogP contribution in [-0.2, 0) is 12.7 Å². The molecule has 1 N–H and O–H groups in total. The number of fused-ring (bicyclic) bond motifs is 1. The summed E-state index contributed by atoms with van der Waals surface area (Å²) in [6.45, 7) is 2.71. The molecular weight excluding hydrogens is 521 g/mol. The molecule has 12 heteroatoms. The van der Waals surface area contributed by atoms with E-state index in [9.17, 15) is 18.0 Å². The number of aromatic nitrogens is 5. The third-order valence-electron chi connectivity index (χ3n) is 7.88. The molecule has 2 fully saturated rings. The van der Waals surface area contributed by atoms with Crippen LogP contribution in [0.1, 0.15) is 40.4 Å². The summed E-state index contributed by atoms with van der Waals surface area (Å²) in [5, 5.41) is 5.55. The number of piperazine rings is 1. The lowest BCUT2D eigenvalue weighted by Gasteiger charge is -2.46. The lowest BCUT2D eigenvalue weighted by molar-refractivity contribution is -0.137. The van der Waals surface area contributed by atoms with Gasteiger partial charge in [-0.3, -0.25) is 14.4 Å². The largest absolute Gasteiger partial charge is 0.416 e. The summed E-state index contributed by atoms with van der Waals surface area (Å²) >= 11 is 0. The van der Waals surface area contributed by atoms with E-state index in [1.807, 2.05) is 29.3 Å². The number of benzene rings is 1. The molecule has 2 aliphatic rings. The molecule has 9 nitrogen and oxygen atoms in total. The molecule has 0 spiro atoms. The van der Waals surface area contributed by atoms with Crippen LogP contribution in [0.4, 0.5) is 13.2 Å². The Kier molecular flexibility index (Phi) is 6.83. The van der Waals surface area contributed by atoms with Crippen LogP contribution in [0.2, 0.25) is 0 Å². The molecule has 3 aromatic heterocycles. The summed E-state index contributed by atoms with van der Waals surface area (Å²) in [5.74, 6) is -0.345. The van der Waals surface area contributed by atoms with Gasteiger partial charge in [-0.25, -0.2) is 9.97 Å². The molecule has 1 saturated heterocycles. The fourth-order valence-corrected chi connectivity index (χ4v) is 5.74. The van der Waals surface area contributed by atoms with E-state index in [2.05, 4.69) is 25.0 Å². The Morgan fingerprint density at radius 1 is 1.07 bits per heavy atom. The van der Waals surface area contributed by atoms with Crippen LogP contribution in [0.3, 0.4) is 0 Å². The topological polar surface area (TPSA) is 86.2 Å². The number of carbonyl (C=O) groups excluding carboxylic acids is 1. The van der Waals surface area contributed by atoms with Crippen molar-refractivity contribution in [2.75, 3.05) is 40.3 Å². The number of amides is 1. The predicted octanol–water partition coefficient (Wildman–Crippen LogP) is 4.06. The summed E-state index contributed by atoms with van der Waals surface area (Å²) < 4.78 is 42.5. The Bertz CT molecular complexity index is 1510. The first-order chi connectivity index (χ1) is 19.2. The van der Waals surface area contributed by atoms with Crippen molar-refractivity contribution in [1.29, 1.82) is 0 Å². The first kappa shape index (κ1) is 26.5. The fraction of sp³-hybridized carbons (Fsp3) is 0.429. The number of hydrogen-bond acceptors (Lipinski definition) is 6. The van der Waals surface area contributed by atoms with E-state index in [0.717, 1.165) is 47.3 Å². The first-order valence-electron chi connectivity index (χ1n) is 13.4. The van der Waals surface area contributed by atoms with Gasteiger partial charge in [-0.05, 0) is 56.8 Å². The average molecular weight is 553 g/mol. The van der Waals surface area contributed by atoms with E-state index in [4.69, 9.17) is 0 Å². The second-order valence-corrected chi connectivity index (χ2v) is 10.9. The van der Waals surface area contributed by atoms with Crippen LogP contribution in [0.25, 0.3) is 22.3 Å². The molecule has 6 rings (SSSR count). The molecule has 0 radical (unpaired) electrons. The highest BCUT2D eigenvalue weighted by molar-refractivity contribution is 5.94. The first-order valence-corrected chi connectivity index (χ1v) is 13.4. The summed E-state index contributed by atoms with van der Waals surface area (Å²) in [6.07, 6.45) is 4.68. The number of halogens is 3. The van der Waals surface area contributed by atoms with Crippen LogP contribution in [0.5, 0.6) is 0 Å². The SMILES string of the molecule is CN(C)Cc1cc(C(=O)N2CCN(C3CC(n4cc(-c5ncnc6[nH]ccc56)cn4)C3)CC2)cc(C(F)(F)F)c1. The number of alkyl halides is 3. The Labute approximate surface area is 229 Å². The molecule has 1 aliphatic heterocycles. The molecule has 1 amide bonds. The van der Waals surface area contributed by atoms with Crippen molar-refractivity contribution in [2.24, 2.45) is 0 Å². The lowest BCUT2D eigenvalue weighted by atomic mass is 9.85. The molecule has 0 unspecified atom stereocenters. The third kappa shape index (κ3) is 5.20. The maximum atomic E-state index is 13.5. The van der Waals surface area contributed by atoms with Gasteiger partial charge in [-0.2, -0.15) is 18.3 Å². The number of carbonyl (C=O) groups is 1. The molecule has 40 heavy (non-hydrogen) atoms. The second kappa shape index (κ2) is 10.3. The van der Waals surface area contributed by atoms with Crippen LogP contribution in [0.15, 0.2) is 49.2 Å². The summed E-state index contributed by atoms with van der Waals surface area (Å²) in [4.78, 5) is 30.8. The predicted molar refractivity (Wildman–Crippen MR) is 143 cm³/mol. The molecule has 210 valence electrons. The zero-order chi connectivity index (χ0) is 28.0. The Morgan fingerprint density at radius 3 is 2.58 bits per heavy atom. The van der Waals surface area contributed by atoms with Gasteiger partial charge in [0.25, 0.3) is 5.91 Å². The second-order valence-electron chi connectivity index (χ2n) is 10.9. The molecule has 1 saturated carbocycles. The Balaban J connectivity index is 1.06. The summed E-state index contributed by atoms with van der Waals surface area (Å²) in [7, 11) is 3.58. The van der Waals surface area contributed by atoms with Gasteiger partial charge in [0.2, 0.25) is 0 Å². The van der Waals surface area contributed by atoms with Crippen LogP contribution < -0.4 is 0 Å². The van der Waals surface area contributed by atoms with Gasteiger partial charge < -0.3 is 14.8 Å². The maximum Gasteiger partial charge on any atom is 0.416 e. The summed E-state index contributed by atoms with van der Waals surface area (Å²) in [5.41, 5.74) is 2.38. The molecular formula is C28H31F3N8O.